The van der Waals surface area contributed by atoms with Crippen molar-refractivity contribution in [3.05, 3.63) is 82.3 Å². The number of rotatable bonds is 8. The van der Waals surface area contributed by atoms with Crippen LogP contribution in [0.4, 0.5) is 5.69 Å². The molecule has 2 N–H and O–H groups in total. The number of carbonyl (C=O) groups is 1. The summed E-state index contributed by atoms with van der Waals surface area (Å²) in [7, 11) is 0. The lowest BCUT2D eigenvalue weighted by Gasteiger charge is -2.47. The highest BCUT2D eigenvalue weighted by atomic mass is 35.5. The van der Waals surface area contributed by atoms with E-state index in [0.29, 0.717) is 42.2 Å². The summed E-state index contributed by atoms with van der Waals surface area (Å²) in [5.41, 5.74) is 4.89. The maximum absolute atomic E-state index is 12.7. The molecule has 1 saturated carbocycles. The van der Waals surface area contributed by atoms with Gasteiger partial charge in [-0.1, -0.05) is 55.8 Å². The molecule has 1 unspecified atom stereocenters. The zero-order chi connectivity index (χ0) is 28.6. The van der Waals surface area contributed by atoms with Gasteiger partial charge in [-0.2, -0.15) is 0 Å². The first-order chi connectivity index (χ1) is 19.8. The van der Waals surface area contributed by atoms with Gasteiger partial charge in [0.05, 0.1) is 12.3 Å². The first-order valence-corrected chi connectivity index (χ1v) is 15.5. The number of aromatic nitrogens is 2. The number of carboxylic acids is 1. The summed E-state index contributed by atoms with van der Waals surface area (Å²) >= 11 is 6.21. The second-order valence-corrected chi connectivity index (χ2v) is 13.2. The third-order valence-electron chi connectivity index (χ3n) is 10.1. The molecular formula is C34H40ClN3O3. The Labute approximate surface area is 247 Å². The fourth-order valence-electron chi connectivity index (χ4n) is 7.93. The number of anilines is 1. The number of nitrogens with one attached hydrogen (secondary N) is 1. The van der Waals surface area contributed by atoms with E-state index in [9.17, 15) is 9.90 Å². The number of hydrogen-bond acceptors (Lipinski definition) is 5. The lowest BCUT2D eigenvalue weighted by molar-refractivity contribution is -0.144. The highest BCUT2D eigenvalue weighted by molar-refractivity contribution is 6.30. The summed E-state index contributed by atoms with van der Waals surface area (Å²) in [5.74, 6) is 1.17. The Balaban J connectivity index is 1.19. The number of carboxylic acid groups (broad SMARTS) is 1. The molecule has 0 saturated heterocycles. The van der Waals surface area contributed by atoms with Crippen LogP contribution in [0.25, 0.3) is 0 Å². The molecular weight excluding hydrogens is 534 g/mol. The quantitative estimate of drug-likeness (QED) is 0.289. The lowest BCUT2D eigenvalue weighted by atomic mass is 9.59. The van der Waals surface area contributed by atoms with Gasteiger partial charge in [0, 0.05) is 16.3 Å². The van der Waals surface area contributed by atoms with E-state index < -0.39 is 11.5 Å². The van der Waals surface area contributed by atoms with Gasteiger partial charge < -0.3 is 15.2 Å². The van der Waals surface area contributed by atoms with Gasteiger partial charge in [-0.05, 0) is 110 Å². The van der Waals surface area contributed by atoms with Crippen LogP contribution in [-0.4, -0.2) is 33.2 Å². The monoisotopic (exact) mass is 573 g/mol. The van der Waals surface area contributed by atoms with Crippen molar-refractivity contribution in [2.24, 2.45) is 11.8 Å². The Morgan fingerprint density at radius 3 is 2.73 bits per heavy atom. The number of benzene rings is 2. The molecule has 6 nitrogen and oxygen atoms in total. The molecule has 1 aromatic heterocycles. The normalized spacial score (nSPS) is 27.6. The summed E-state index contributed by atoms with van der Waals surface area (Å²) in [6, 6.07) is 16.2. The van der Waals surface area contributed by atoms with E-state index in [1.807, 2.05) is 18.2 Å². The van der Waals surface area contributed by atoms with Crippen molar-refractivity contribution in [1.29, 1.82) is 0 Å². The number of hydrogen-bond donors (Lipinski definition) is 2. The molecule has 2 aromatic carbocycles. The van der Waals surface area contributed by atoms with E-state index in [1.54, 1.807) is 12.4 Å². The van der Waals surface area contributed by atoms with Gasteiger partial charge in [0.2, 0.25) is 5.88 Å². The smallest absolute Gasteiger partial charge is 0.329 e. The highest BCUT2D eigenvalue weighted by Gasteiger charge is 2.54. The van der Waals surface area contributed by atoms with Crippen LogP contribution in [-0.2, 0) is 23.1 Å². The van der Waals surface area contributed by atoms with Gasteiger partial charge in [-0.25, -0.2) is 14.8 Å². The Morgan fingerprint density at radius 2 is 1.95 bits per heavy atom. The molecule has 0 amide bonds. The maximum Gasteiger partial charge on any atom is 0.329 e. The predicted octanol–water partition coefficient (Wildman–Crippen LogP) is 7.59. The van der Waals surface area contributed by atoms with Crippen molar-refractivity contribution in [3.8, 4) is 5.88 Å². The molecule has 1 heterocycles. The van der Waals surface area contributed by atoms with Crippen molar-refractivity contribution >= 4 is 23.3 Å². The zero-order valence-electron chi connectivity index (χ0n) is 24.0. The summed E-state index contributed by atoms with van der Waals surface area (Å²) in [4.78, 5) is 21.8. The van der Waals surface area contributed by atoms with Gasteiger partial charge in [0.1, 0.15) is 11.9 Å². The van der Waals surface area contributed by atoms with E-state index in [4.69, 9.17) is 16.3 Å². The van der Waals surface area contributed by atoms with Gasteiger partial charge in [-0.3, -0.25) is 0 Å². The standard InChI is InChI=1S/C34H40ClN3O3/c1-22(20-41-31-30-23(2)7-5-12-29(30)36-21-37-31)17-25-18-24-8-3-4-11-28(24)33(25)13-15-34(16-14-33,32(39)40)38-27-10-6-9-26(35)19-27/h3-4,6,8-11,19,21-23,25,38H,5,7,12-18,20H2,1-2H3,(H,39,40)/t22-,23-,25?,33?,34?/m1/s1. The van der Waals surface area contributed by atoms with Crippen molar-refractivity contribution in [3.63, 3.8) is 0 Å². The summed E-state index contributed by atoms with van der Waals surface area (Å²) < 4.78 is 6.39. The molecule has 3 aromatic rings. The number of ether oxygens (including phenoxy) is 1. The van der Waals surface area contributed by atoms with Gasteiger partial charge in [0.25, 0.3) is 0 Å². The average Bonchev–Trinajstić information content (AvgIpc) is 3.25. The Bertz CT molecular complexity index is 1420. The number of halogens is 1. The van der Waals surface area contributed by atoms with E-state index in [0.717, 1.165) is 55.8 Å². The van der Waals surface area contributed by atoms with Crippen LogP contribution in [0.2, 0.25) is 5.02 Å². The van der Waals surface area contributed by atoms with Crippen molar-refractivity contribution in [2.45, 2.75) is 88.5 Å². The minimum Gasteiger partial charge on any atom is -0.480 e. The number of aryl methyl sites for hydroxylation is 1. The number of fused-ring (bicyclic) bond motifs is 3. The molecule has 0 aliphatic heterocycles. The number of nitrogens with zero attached hydrogens (tertiary/aromatic N) is 2. The average molecular weight is 574 g/mol. The molecule has 1 fully saturated rings. The van der Waals surface area contributed by atoms with Crippen molar-refractivity contribution < 1.29 is 14.6 Å². The van der Waals surface area contributed by atoms with E-state index in [-0.39, 0.29) is 5.41 Å². The topological polar surface area (TPSA) is 84.3 Å². The largest absolute Gasteiger partial charge is 0.480 e. The first-order valence-electron chi connectivity index (χ1n) is 15.1. The number of aliphatic carboxylic acids is 1. The third-order valence-corrected chi connectivity index (χ3v) is 10.3. The highest BCUT2D eigenvalue weighted by Crippen LogP contribution is 2.56. The predicted molar refractivity (Wildman–Crippen MR) is 162 cm³/mol. The van der Waals surface area contributed by atoms with E-state index in [1.165, 1.54) is 23.1 Å². The molecule has 41 heavy (non-hydrogen) atoms. The molecule has 6 rings (SSSR count). The molecule has 0 bridgehead atoms. The molecule has 216 valence electrons. The van der Waals surface area contributed by atoms with Gasteiger partial charge in [0.15, 0.2) is 0 Å². The van der Waals surface area contributed by atoms with Crippen molar-refractivity contribution in [1.82, 2.24) is 9.97 Å². The van der Waals surface area contributed by atoms with Crippen LogP contribution in [0.3, 0.4) is 0 Å². The maximum atomic E-state index is 12.7. The van der Waals surface area contributed by atoms with Crippen molar-refractivity contribution in [2.75, 3.05) is 11.9 Å². The molecule has 7 heteroatoms. The SMILES string of the molecule is C[C@@H](COc1ncnc2c1[C@H](C)CCC2)CC1Cc2ccccc2C12CCC(Nc1cccc(Cl)c1)(C(=O)O)CC2. The van der Waals surface area contributed by atoms with E-state index in [2.05, 4.69) is 53.4 Å². The molecule has 3 aliphatic rings. The molecule has 3 aliphatic carbocycles. The van der Waals surface area contributed by atoms with E-state index >= 15 is 0 Å². The summed E-state index contributed by atoms with van der Waals surface area (Å²) in [6.45, 7) is 5.14. The van der Waals surface area contributed by atoms with Crippen LogP contribution in [0.5, 0.6) is 5.88 Å². The lowest BCUT2D eigenvalue weighted by Crippen LogP contribution is -2.53. The van der Waals surface area contributed by atoms with Crippen LogP contribution in [0, 0.1) is 11.8 Å². The van der Waals surface area contributed by atoms with Crippen LogP contribution in [0.15, 0.2) is 54.9 Å². The molecule has 3 atom stereocenters. The van der Waals surface area contributed by atoms with Crippen LogP contribution >= 0.6 is 11.6 Å². The van der Waals surface area contributed by atoms with Crippen LogP contribution < -0.4 is 10.1 Å². The van der Waals surface area contributed by atoms with Gasteiger partial charge >= 0.3 is 5.97 Å². The first kappa shape index (κ1) is 28.0. The Morgan fingerprint density at radius 1 is 1.15 bits per heavy atom. The Hall–Kier alpha value is -3.12. The fourth-order valence-corrected chi connectivity index (χ4v) is 8.12. The summed E-state index contributed by atoms with van der Waals surface area (Å²) in [6.07, 6.45) is 9.82. The summed E-state index contributed by atoms with van der Waals surface area (Å²) in [5, 5.41) is 14.4. The fraction of sp³-hybridized carbons (Fsp3) is 0.500. The molecule has 1 spiro atoms. The second kappa shape index (κ2) is 11.3. The minimum atomic E-state index is -1.00. The Kier molecular flexibility index (Phi) is 7.71. The molecule has 0 radical (unpaired) electrons. The van der Waals surface area contributed by atoms with Gasteiger partial charge in [-0.15, -0.1) is 0 Å². The second-order valence-electron chi connectivity index (χ2n) is 12.7. The third kappa shape index (κ3) is 5.31. The zero-order valence-corrected chi connectivity index (χ0v) is 24.8. The minimum absolute atomic E-state index is 0.0254. The van der Waals surface area contributed by atoms with Crippen LogP contribution in [0.1, 0.15) is 87.1 Å².